The van der Waals surface area contributed by atoms with Crippen molar-refractivity contribution in [1.29, 1.82) is 0 Å². The summed E-state index contributed by atoms with van der Waals surface area (Å²) in [5.41, 5.74) is 1.30. The summed E-state index contributed by atoms with van der Waals surface area (Å²) in [7, 11) is 0. The Morgan fingerprint density at radius 3 is 3.00 bits per heavy atom. The molecule has 0 aliphatic heterocycles. The number of thiophene rings is 1. The molecule has 18 heavy (non-hydrogen) atoms. The Hall–Kier alpha value is -0.710. The number of aromatic nitrogens is 1. The summed E-state index contributed by atoms with van der Waals surface area (Å²) in [6, 6.07) is 5.03. The first kappa shape index (κ1) is 12.3. The third-order valence-corrected chi connectivity index (χ3v) is 5.26. The zero-order chi connectivity index (χ0) is 12.4. The molecule has 0 bridgehead atoms. The molecule has 1 N–H and O–H groups in total. The summed E-state index contributed by atoms with van der Waals surface area (Å²) in [6.07, 6.45) is 4.97. The smallest absolute Gasteiger partial charge is 0.133 e. The molecule has 1 saturated carbocycles. The van der Waals surface area contributed by atoms with Crippen LogP contribution in [-0.2, 0) is 13.0 Å². The largest absolute Gasteiger partial charge is 0.309 e. The van der Waals surface area contributed by atoms with Crippen molar-refractivity contribution in [2.45, 2.75) is 45.2 Å². The number of hydrogen-bond donors (Lipinski definition) is 1. The average Bonchev–Trinajstić information content (AvgIpc) is 2.90. The van der Waals surface area contributed by atoms with Gasteiger partial charge in [-0.15, -0.1) is 22.7 Å². The maximum absolute atomic E-state index is 4.83. The predicted molar refractivity (Wildman–Crippen MR) is 79.3 cm³/mol. The summed E-state index contributed by atoms with van der Waals surface area (Å²) < 4.78 is 0. The minimum absolute atomic E-state index is 0.770. The zero-order valence-corrected chi connectivity index (χ0v) is 12.2. The number of rotatable bonds is 6. The van der Waals surface area contributed by atoms with Crippen LogP contribution in [0.3, 0.4) is 0 Å². The molecular weight excluding hydrogens is 260 g/mol. The van der Waals surface area contributed by atoms with Crippen LogP contribution in [0.1, 0.15) is 36.8 Å². The van der Waals surface area contributed by atoms with E-state index < -0.39 is 0 Å². The van der Waals surface area contributed by atoms with Crippen molar-refractivity contribution >= 4 is 22.7 Å². The number of nitrogens with zero attached hydrogens (tertiary/aromatic N) is 1. The van der Waals surface area contributed by atoms with Gasteiger partial charge in [-0.05, 0) is 30.7 Å². The van der Waals surface area contributed by atoms with Crippen molar-refractivity contribution in [2.75, 3.05) is 0 Å². The van der Waals surface area contributed by atoms with E-state index in [9.17, 15) is 0 Å². The normalized spacial score (nSPS) is 15.2. The van der Waals surface area contributed by atoms with Crippen molar-refractivity contribution in [3.8, 4) is 9.88 Å². The molecule has 0 atom stereocenters. The van der Waals surface area contributed by atoms with Gasteiger partial charge in [0, 0.05) is 17.5 Å². The van der Waals surface area contributed by atoms with Crippen LogP contribution in [0.15, 0.2) is 17.5 Å². The molecule has 4 heteroatoms. The fourth-order valence-electron chi connectivity index (χ4n) is 1.98. The quantitative estimate of drug-likeness (QED) is 0.861. The van der Waals surface area contributed by atoms with Crippen molar-refractivity contribution < 1.29 is 0 Å². The molecule has 0 saturated heterocycles. The molecule has 1 fully saturated rings. The minimum atomic E-state index is 0.770. The fourth-order valence-corrected chi connectivity index (χ4v) is 3.84. The third-order valence-electron chi connectivity index (χ3n) is 3.13. The second kappa shape index (κ2) is 5.51. The van der Waals surface area contributed by atoms with E-state index >= 15 is 0 Å². The highest BCUT2D eigenvalue weighted by atomic mass is 32.1. The van der Waals surface area contributed by atoms with Crippen LogP contribution in [0.2, 0.25) is 0 Å². The molecular formula is C14H18N2S2. The third kappa shape index (κ3) is 2.82. The maximum Gasteiger partial charge on any atom is 0.133 e. The Kier molecular flexibility index (Phi) is 3.77. The summed E-state index contributed by atoms with van der Waals surface area (Å²) in [5, 5.41) is 6.92. The Balaban J connectivity index is 1.80. The van der Waals surface area contributed by atoms with Crippen LogP contribution in [0, 0.1) is 0 Å². The van der Waals surface area contributed by atoms with E-state index in [0.29, 0.717) is 0 Å². The van der Waals surface area contributed by atoms with Gasteiger partial charge in [-0.1, -0.05) is 19.4 Å². The van der Waals surface area contributed by atoms with E-state index in [2.05, 4.69) is 29.8 Å². The first-order chi connectivity index (χ1) is 8.86. The number of hydrogen-bond acceptors (Lipinski definition) is 4. The molecule has 0 radical (unpaired) electrons. The second-order valence-corrected chi connectivity index (χ2v) is 6.80. The van der Waals surface area contributed by atoms with Gasteiger partial charge in [-0.3, -0.25) is 0 Å². The van der Waals surface area contributed by atoms with Gasteiger partial charge in [0.1, 0.15) is 5.01 Å². The SMILES string of the molecule is CCCc1nc(-c2cccs2)sc1CNC1CC1. The van der Waals surface area contributed by atoms with Crippen LogP contribution in [-0.4, -0.2) is 11.0 Å². The lowest BCUT2D eigenvalue weighted by Gasteiger charge is -2.01. The number of thiazole rings is 1. The van der Waals surface area contributed by atoms with Crippen LogP contribution < -0.4 is 5.32 Å². The Morgan fingerprint density at radius 1 is 1.44 bits per heavy atom. The highest BCUT2D eigenvalue weighted by Crippen LogP contribution is 2.32. The maximum atomic E-state index is 4.83. The lowest BCUT2D eigenvalue weighted by atomic mass is 10.2. The molecule has 0 spiro atoms. The number of aryl methyl sites for hydroxylation is 1. The molecule has 0 amide bonds. The van der Waals surface area contributed by atoms with Gasteiger partial charge >= 0.3 is 0 Å². The predicted octanol–water partition coefficient (Wildman–Crippen LogP) is 4.08. The highest BCUT2D eigenvalue weighted by molar-refractivity contribution is 7.21. The van der Waals surface area contributed by atoms with Gasteiger partial charge in [0.2, 0.25) is 0 Å². The van der Waals surface area contributed by atoms with Gasteiger partial charge in [-0.2, -0.15) is 0 Å². The first-order valence-corrected chi connectivity index (χ1v) is 8.32. The monoisotopic (exact) mass is 278 g/mol. The first-order valence-electron chi connectivity index (χ1n) is 6.62. The Bertz CT molecular complexity index is 498. The standard InChI is InChI=1S/C14H18N2S2/c1-2-4-11-13(9-15-10-6-7-10)18-14(16-11)12-5-3-8-17-12/h3,5,8,10,15H,2,4,6-7,9H2,1H3. The van der Waals surface area contributed by atoms with Gasteiger partial charge in [-0.25, -0.2) is 4.98 Å². The average molecular weight is 278 g/mol. The lowest BCUT2D eigenvalue weighted by Crippen LogP contribution is -2.15. The van der Waals surface area contributed by atoms with Crippen molar-refractivity contribution in [2.24, 2.45) is 0 Å². The molecule has 1 aliphatic carbocycles. The van der Waals surface area contributed by atoms with Crippen LogP contribution in [0.5, 0.6) is 0 Å². The molecule has 96 valence electrons. The topological polar surface area (TPSA) is 24.9 Å². The van der Waals surface area contributed by atoms with E-state index in [1.54, 1.807) is 11.3 Å². The molecule has 2 aromatic heterocycles. The summed E-state index contributed by atoms with van der Waals surface area (Å²) in [5.74, 6) is 0. The van der Waals surface area contributed by atoms with Crippen LogP contribution >= 0.6 is 22.7 Å². The second-order valence-electron chi connectivity index (χ2n) is 4.77. The summed E-state index contributed by atoms with van der Waals surface area (Å²) in [6.45, 7) is 3.23. The van der Waals surface area contributed by atoms with Gasteiger partial charge < -0.3 is 5.32 Å². The number of nitrogens with one attached hydrogen (secondary N) is 1. The van der Waals surface area contributed by atoms with E-state index in [1.165, 1.54) is 39.7 Å². The Morgan fingerprint density at radius 2 is 2.33 bits per heavy atom. The van der Waals surface area contributed by atoms with E-state index in [4.69, 9.17) is 4.98 Å². The molecule has 3 rings (SSSR count). The van der Waals surface area contributed by atoms with E-state index in [0.717, 1.165) is 19.0 Å². The molecule has 2 aromatic rings. The van der Waals surface area contributed by atoms with Crippen molar-refractivity contribution in [1.82, 2.24) is 10.3 Å². The van der Waals surface area contributed by atoms with Crippen LogP contribution in [0.4, 0.5) is 0 Å². The molecule has 2 heterocycles. The van der Waals surface area contributed by atoms with Crippen molar-refractivity contribution in [3.05, 3.63) is 28.1 Å². The van der Waals surface area contributed by atoms with E-state index in [-0.39, 0.29) is 0 Å². The molecule has 0 aromatic carbocycles. The summed E-state index contributed by atoms with van der Waals surface area (Å²) >= 11 is 3.64. The fraction of sp³-hybridized carbons (Fsp3) is 0.500. The molecule has 2 nitrogen and oxygen atoms in total. The van der Waals surface area contributed by atoms with Gasteiger partial charge in [0.05, 0.1) is 10.6 Å². The molecule has 0 unspecified atom stereocenters. The van der Waals surface area contributed by atoms with Gasteiger partial charge in [0.15, 0.2) is 0 Å². The highest BCUT2D eigenvalue weighted by Gasteiger charge is 2.21. The summed E-state index contributed by atoms with van der Waals surface area (Å²) in [4.78, 5) is 7.57. The van der Waals surface area contributed by atoms with Crippen molar-refractivity contribution in [3.63, 3.8) is 0 Å². The van der Waals surface area contributed by atoms with Gasteiger partial charge in [0.25, 0.3) is 0 Å². The Labute approximate surface area is 116 Å². The zero-order valence-electron chi connectivity index (χ0n) is 10.6. The minimum Gasteiger partial charge on any atom is -0.309 e. The lowest BCUT2D eigenvalue weighted by molar-refractivity contribution is 0.686. The van der Waals surface area contributed by atoms with E-state index in [1.807, 2.05) is 11.3 Å². The molecule has 1 aliphatic rings. The van der Waals surface area contributed by atoms with Crippen LogP contribution in [0.25, 0.3) is 9.88 Å².